The van der Waals surface area contributed by atoms with Crippen LogP contribution in [-0.4, -0.2) is 22.9 Å². The van der Waals surface area contributed by atoms with Crippen molar-refractivity contribution in [2.24, 2.45) is 0 Å². The average molecular weight is 263 g/mol. The third-order valence-corrected chi connectivity index (χ3v) is 2.58. The van der Waals surface area contributed by atoms with Crippen molar-refractivity contribution in [1.29, 1.82) is 0 Å². The Morgan fingerprint density at radius 1 is 1.16 bits per heavy atom. The molecule has 0 saturated heterocycles. The molecule has 0 atom stereocenters. The van der Waals surface area contributed by atoms with Crippen molar-refractivity contribution in [2.75, 3.05) is 11.9 Å². The van der Waals surface area contributed by atoms with Crippen LogP contribution in [0.5, 0.6) is 0 Å². The molecular formula is C13H11F2N3O. The Bertz CT molecular complexity index is 569. The Balaban J connectivity index is 2.15. The van der Waals surface area contributed by atoms with E-state index >= 15 is 0 Å². The van der Waals surface area contributed by atoms with Gasteiger partial charge >= 0.3 is 0 Å². The third kappa shape index (κ3) is 3.31. The van der Waals surface area contributed by atoms with Gasteiger partial charge in [-0.05, 0) is 17.7 Å². The number of anilines is 1. The van der Waals surface area contributed by atoms with Crippen LogP contribution < -0.4 is 4.90 Å². The summed E-state index contributed by atoms with van der Waals surface area (Å²) < 4.78 is 26.2. The number of carbonyl (C=O) groups is 1. The van der Waals surface area contributed by atoms with Gasteiger partial charge in [0.15, 0.2) is 0 Å². The van der Waals surface area contributed by atoms with E-state index in [0.717, 1.165) is 18.2 Å². The molecule has 1 aromatic carbocycles. The first-order valence-corrected chi connectivity index (χ1v) is 5.53. The molecule has 19 heavy (non-hydrogen) atoms. The van der Waals surface area contributed by atoms with Gasteiger partial charge in [0.05, 0.1) is 6.42 Å². The Hall–Kier alpha value is -2.37. The molecular weight excluding hydrogens is 252 g/mol. The molecule has 0 saturated carbocycles. The summed E-state index contributed by atoms with van der Waals surface area (Å²) in [4.78, 5) is 20.7. The normalized spacial score (nSPS) is 10.3. The quantitative estimate of drug-likeness (QED) is 0.850. The Morgan fingerprint density at radius 3 is 2.32 bits per heavy atom. The maximum Gasteiger partial charge on any atom is 0.231 e. The summed E-state index contributed by atoms with van der Waals surface area (Å²) in [5.41, 5.74) is 0.801. The van der Waals surface area contributed by atoms with E-state index in [1.165, 1.54) is 30.7 Å². The number of nitrogens with zero attached hydrogens (tertiary/aromatic N) is 3. The highest BCUT2D eigenvalue weighted by atomic mass is 19.1. The number of halogens is 2. The first-order chi connectivity index (χ1) is 9.06. The molecule has 6 heteroatoms. The molecule has 1 amide bonds. The van der Waals surface area contributed by atoms with E-state index in [1.54, 1.807) is 0 Å². The number of amides is 1. The maximum atomic E-state index is 13.1. The lowest BCUT2D eigenvalue weighted by molar-refractivity contribution is -0.117. The minimum atomic E-state index is -0.724. The number of aromatic nitrogens is 2. The van der Waals surface area contributed by atoms with Gasteiger partial charge in [-0.25, -0.2) is 18.7 Å². The fourth-order valence-electron chi connectivity index (χ4n) is 1.59. The molecule has 0 aliphatic rings. The van der Waals surface area contributed by atoms with E-state index in [4.69, 9.17) is 0 Å². The van der Waals surface area contributed by atoms with Gasteiger partial charge in [-0.3, -0.25) is 4.79 Å². The molecule has 0 unspecified atom stereocenters. The van der Waals surface area contributed by atoms with Crippen molar-refractivity contribution in [3.63, 3.8) is 0 Å². The zero-order valence-electron chi connectivity index (χ0n) is 10.2. The van der Waals surface area contributed by atoms with E-state index in [2.05, 4.69) is 9.97 Å². The summed E-state index contributed by atoms with van der Waals surface area (Å²) in [5.74, 6) is -1.75. The summed E-state index contributed by atoms with van der Waals surface area (Å²) in [6.45, 7) is 0. The van der Waals surface area contributed by atoms with Crippen molar-refractivity contribution in [2.45, 2.75) is 6.42 Å². The highest BCUT2D eigenvalue weighted by Crippen LogP contribution is 2.17. The van der Waals surface area contributed by atoms with Crippen molar-refractivity contribution in [1.82, 2.24) is 9.97 Å². The third-order valence-electron chi connectivity index (χ3n) is 2.58. The number of likely N-dealkylation sites (N-methyl/N-ethyl adjacent to an activating group) is 1. The van der Waals surface area contributed by atoms with Gasteiger partial charge in [-0.2, -0.15) is 0 Å². The molecule has 0 aliphatic heterocycles. The Labute approximate surface area is 108 Å². The fourth-order valence-corrected chi connectivity index (χ4v) is 1.59. The van der Waals surface area contributed by atoms with Crippen LogP contribution in [0.15, 0.2) is 36.9 Å². The standard InChI is InChI=1S/C13H11F2N3O/c1-18(12-4-10(14)3-11(15)5-12)13(19)2-9-6-16-8-17-7-9/h3-8H,2H2,1H3. The topological polar surface area (TPSA) is 46.1 Å². The molecule has 0 fully saturated rings. The molecule has 0 radical (unpaired) electrons. The van der Waals surface area contributed by atoms with E-state index in [1.807, 2.05) is 0 Å². The number of carbonyl (C=O) groups excluding carboxylic acids is 1. The Morgan fingerprint density at radius 2 is 1.74 bits per heavy atom. The molecule has 0 bridgehead atoms. The highest BCUT2D eigenvalue weighted by Gasteiger charge is 2.13. The van der Waals surface area contributed by atoms with Gasteiger partial charge in [-0.15, -0.1) is 0 Å². The number of hydrogen-bond acceptors (Lipinski definition) is 3. The van der Waals surface area contributed by atoms with Gasteiger partial charge in [0.25, 0.3) is 0 Å². The van der Waals surface area contributed by atoms with Crippen molar-refractivity contribution in [3.8, 4) is 0 Å². The lowest BCUT2D eigenvalue weighted by Gasteiger charge is -2.17. The molecule has 0 N–H and O–H groups in total. The predicted molar refractivity (Wildman–Crippen MR) is 65.5 cm³/mol. The van der Waals surface area contributed by atoms with Crippen LogP contribution in [0.25, 0.3) is 0 Å². The SMILES string of the molecule is CN(C(=O)Cc1cncnc1)c1cc(F)cc(F)c1. The van der Waals surface area contributed by atoms with Gasteiger partial charge < -0.3 is 4.90 Å². The number of benzene rings is 1. The lowest BCUT2D eigenvalue weighted by Crippen LogP contribution is -2.28. The van der Waals surface area contributed by atoms with Crippen molar-refractivity contribution >= 4 is 11.6 Å². The summed E-state index contributed by atoms with van der Waals surface area (Å²) in [7, 11) is 1.46. The first-order valence-electron chi connectivity index (χ1n) is 5.53. The second kappa shape index (κ2) is 5.51. The predicted octanol–water partition coefficient (Wildman–Crippen LogP) is 1.96. The van der Waals surface area contributed by atoms with Crippen LogP contribution >= 0.6 is 0 Å². The summed E-state index contributed by atoms with van der Waals surface area (Å²) in [6.07, 6.45) is 4.46. The van der Waals surface area contributed by atoms with Crippen LogP contribution in [0.4, 0.5) is 14.5 Å². The van der Waals surface area contributed by atoms with Gasteiger partial charge in [-0.1, -0.05) is 0 Å². The minimum Gasteiger partial charge on any atom is -0.315 e. The molecule has 98 valence electrons. The Kier molecular flexibility index (Phi) is 3.79. The zero-order valence-corrected chi connectivity index (χ0v) is 10.2. The molecule has 0 spiro atoms. The van der Waals surface area contributed by atoms with Crippen LogP contribution in [0.1, 0.15) is 5.56 Å². The molecule has 0 aliphatic carbocycles. The van der Waals surface area contributed by atoms with Crippen molar-refractivity contribution in [3.05, 3.63) is 54.1 Å². The summed E-state index contributed by atoms with van der Waals surface area (Å²) in [5, 5.41) is 0. The number of rotatable bonds is 3. The maximum absolute atomic E-state index is 13.1. The van der Waals surface area contributed by atoms with Gasteiger partial charge in [0.2, 0.25) is 5.91 Å². The molecule has 1 heterocycles. The van der Waals surface area contributed by atoms with E-state index in [0.29, 0.717) is 5.56 Å². The molecule has 2 aromatic rings. The highest BCUT2D eigenvalue weighted by molar-refractivity contribution is 5.94. The molecule has 2 rings (SSSR count). The van der Waals surface area contributed by atoms with Crippen LogP contribution in [-0.2, 0) is 11.2 Å². The fraction of sp³-hybridized carbons (Fsp3) is 0.154. The summed E-state index contributed by atoms with van der Waals surface area (Å²) >= 11 is 0. The second-order valence-corrected chi connectivity index (χ2v) is 4.00. The van der Waals surface area contributed by atoms with Crippen molar-refractivity contribution < 1.29 is 13.6 Å². The van der Waals surface area contributed by atoms with Crippen LogP contribution in [0, 0.1) is 11.6 Å². The second-order valence-electron chi connectivity index (χ2n) is 4.00. The zero-order chi connectivity index (χ0) is 13.8. The average Bonchev–Trinajstić information content (AvgIpc) is 2.37. The van der Waals surface area contributed by atoms with Gasteiger partial charge in [0, 0.05) is 31.2 Å². The lowest BCUT2D eigenvalue weighted by atomic mass is 10.2. The monoisotopic (exact) mass is 263 g/mol. The number of hydrogen-bond donors (Lipinski definition) is 0. The van der Waals surface area contributed by atoms with E-state index < -0.39 is 11.6 Å². The molecule has 4 nitrogen and oxygen atoms in total. The largest absolute Gasteiger partial charge is 0.315 e. The smallest absolute Gasteiger partial charge is 0.231 e. The van der Waals surface area contributed by atoms with E-state index in [-0.39, 0.29) is 18.0 Å². The minimum absolute atomic E-state index is 0.0650. The van der Waals surface area contributed by atoms with E-state index in [9.17, 15) is 13.6 Å². The van der Waals surface area contributed by atoms with Crippen LogP contribution in [0.2, 0.25) is 0 Å². The van der Waals surface area contributed by atoms with Crippen LogP contribution in [0.3, 0.4) is 0 Å². The first kappa shape index (κ1) is 13.1. The van der Waals surface area contributed by atoms with Gasteiger partial charge in [0.1, 0.15) is 18.0 Å². The summed E-state index contributed by atoms with van der Waals surface area (Å²) in [6, 6.07) is 2.96. The molecule has 1 aromatic heterocycles.